The third-order valence-electron chi connectivity index (χ3n) is 4.37. The van der Waals surface area contributed by atoms with Crippen LogP contribution in [0.25, 0.3) is 6.08 Å². The number of aliphatic imine (C=N–C) groups is 1. The first-order chi connectivity index (χ1) is 15.1. The fraction of sp³-hybridized carbons (Fsp3) is 0.0435. The van der Waals surface area contributed by atoms with Gasteiger partial charge in [-0.3, -0.25) is 14.9 Å². The van der Waals surface area contributed by atoms with E-state index >= 15 is 0 Å². The fourth-order valence-corrected chi connectivity index (χ4v) is 3.63. The molecule has 1 heterocycles. The van der Waals surface area contributed by atoms with Gasteiger partial charge < -0.3 is 10.1 Å². The van der Waals surface area contributed by atoms with Crippen molar-refractivity contribution >= 4 is 40.3 Å². The number of hydrogen-bond donors (Lipinski definition) is 1. The van der Waals surface area contributed by atoms with Gasteiger partial charge >= 0.3 is 0 Å². The first kappa shape index (κ1) is 20.4. The van der Waals surface area contributed by atoms with E-state index in [1.807, 2.05) is 54.6 Å². The van der Waals surface area contributed by atoms with Gasteiger partial charge in [-0.05, 0) is 65.4 Å². The van der Waals surface area contributed by atoms with E-state index in [2.05, 4.69) is 10.3 Å². The predicted octanol–water partition coefficient (Wildman–Crippen LogP) is 5.07. The Morgan fingerprint density at radius 3 is 2.39 bits per heavy atom. The van der Waals surface area contributed by atoms with Crippen LogP contribution in [-0.4, -0.2) is 16.0 Å². The smallest absolute Gasteiger partial charge is 0.269 e. The van der Waals surface area contributed by atoms with Crippen LogP contribution in [0.4, 0.5) is 11.4 Å². The Labute approximate surface area is 182 Å². The molecule has 4 rings (SSSR count). The molecule has 0 aliphatic carbocycles. The summed E-state index contributed by atoms with van der Waals surface area (Å²) >= 11 is 1.29. The maximum Gasteiger partial charge on any atom is 0.269 e. The summed E-state index contributed by atoms with van der Waals surface area (Å²) in [4.78, 5) is 27.5. The Hall–Kier alpha value is -3.91. The molecule has 7 nitrogen and oxygen atoms in total. The van der Waals surface area contributed by atoms with Gasteiger partial charge in [0, 0.05) is 12.1 Å². The van der Waals surface area contributed by atoms with E-state index in [9.17, 15) is 14.9 Å². The van der Waals surface area contributed by atoms with E-state index in [0.29, 0.717) is 22.4 Å². The van der Waals surface area contributed by atoms with Crippen molar-refractivity contribution < 1.29 is 14.5 Å². The SMILES string of the molecule is O=C1NC(=Nc2ccccc2)S/C1=C\c1ccc(OCc2ccc([N+](=O)[O-])cc2)cc1. The van der Waals surface area contributed by atoms with Crippen LogP contribution in [0.5, 0.6) is 5.75 Å². The Kier molecular flexibility index (Phi) is 6.09. The lowest BCUT2D eigenvalue weighted by molar-refractivity contribution is -0.384. The average molecular weight is 431 g/mol. The first-order valence-electron chi connectivity index (χ1n) is 9.38. The van der Waals surface area contributed by atoms with Crippen LogP contribution in [0.2, 0.25) is 0 Å². The van der Waals surface area contributed by atoms with Crippen molar-refractivity contribution in [3.8, 4) is 5.75 Å². The number of non-ortho nitro benzene ring substituents is 1. The number of carbonyl (C=O) groups is 1. The predicted molar refractivity (Wildman–Crippen MR) is 121 cm³/mol. The minimum Gasteiger partial charge on any atom is -0.489 e. The number of nitro groups is 1. The molecule has 0 bridgehead atoms. The number of amidine groups is 1. The lowest BCUT2D eigenvalue weighted by Crippen LogP contribution is -2.19. The van der Waals surface area contributed by atoms with Gasteiger partial charge in [-0.2, -0.15) is 0 Å². The number of thioether (sulfide) groups is 1. The number of rotatable bonds is 6. The summed E-state index contributed by atoms with van der Waals surface area (Å²) in [5.41, 5.74) is 2.52. The molecule has 154 valence electrons. The number of nitrogens with one attached hydrogen (secondary N) is 1. The molecule has 1 fully saturated rings. The lowest BCUT2D eigenvalue weighted by atomic mass is 10.2. The number of hydrogen-bond acceptors (Lipinski definition) is 6. The van der Waals surface area contributed by atoms with Crippen molar-refractivity contribution in [2.24, 2.45) is 4.99 Å². The highest BCUT2D eigenvalue weighted by molar-refractivity contribution is 8.18. The number of nitro benzene ring substituents is 1. The van der Waals surface area contributed by atoms with Crippen LogP contribution in [0.1, 0.15) is 11.1 Å². The van der Waals surface area contributed by atoms with Crippen molar-refractivity contribution in [3.63, 3.8) is 0 Å². The van der Waals surface area contributed by atoms with Crippen molar-refractivity contribution in [2.75, 3.05) is 0 Å². The fourth-order valence-electron chi connectivity index (χ4n) is 2.79. The summed E-state index contributed by atoms with van der Waals surface area (Å²) in [5.74, 6) is 0.480. The van der Waals surface area contributed by atoms with Crippen LogP contribution in [0, 0.1) is 10.1 Å². The molecule has 1 aliphatic heterocycles. The third kappa shape index (κ3) is 5.37. The molecule has 3 aromatic rings. The highest BCUT2D eigenvalue weighted by atomic mass is 32.2. The van der Waals surface area contributed by atoms with Crippen LogP contribution >= 0.6 is 11.8 Å². The molecular formula is C23H17N3O4S. The van der Waals surface area contributed by atoms with Gasteiger partial charge in [0.2, 0.25) is 0 Å². The van der Waals surface area contributed by atoms with E-state index < -0.39 is 4.92 Å². The summed E-state index contributed by atoms with van der Waals surface area (Å²) in [6, 6.07) is 23.0. The molecule has 8 heteroatoms. The van der Waals surface area contributed by atoms with Crippen molar-refractivity contribution in [1.82, 2.24) is 5.32 Å². The van der Waals surface area contributed by atoms with E-state index in [4.69, 9.17) is 4.74 Å². The van der Waals surface area contributed by atoms with Crippen molar-refractivity contribution in [1.29, 1.82) is 0 Å². The van der Waals surface area contributed by atoms with E-state index in [1.54, 1.807) is 18.2 Å². The Morgan fingerprint density at radius 1 is 1.00 bits per heavy atom. The van der Waals surface area contributed by atoms with Crippen molar-refractivity contribution in [2.45, 2.75) is 6.61 Å². The molecule has 0 spiro atoms. The Bertz CT molecular complexity index is 1160. The standard InChI is InChI=1S/C23H17N3O4S/c27-22-21(31-23(25-22)24-18-4-2-1-3-5-18)14-16-8-12-20(13-9-16)30-15-17-6-10-19(11-7-17)26(28)29/h1-14H,15H2,(H,24,25,27)/b21-14-. The molecule has 31 heavy (non-hydrogen) atoms. The number of ether oxygens (including phenoxy) is 1. The molecule has 1 saturated heterocycles. The number of amides is 1. The lowest BCUT2D eigenvalue weighted by Gasteiger charge is -2.06. The van der Waals surface area contributed by atoms with E-state index in [-0.39, 0.29) is 11.6 Å². The van der Waals surface area contributed by atoms with Crippen molar-refractivity contribution in [3.05, 3.63) is 105 Å². The first-order valence-corrected chi connectivity index (χ1v) is 10.2. The molecule has 1 amide bonds. The molecule has 3 aromatic carbocycles. The minimum absolute atomic E-state index is 0.0481. The highest BCUT2D eigenvalue weighted by Crippen LogP contribution is 2.28. The number of carbonyl (C=O) groups excluding carboxylic acids is 1. The maximum absolute atomic E-state index is 12.2. The zero-order chi connectivity index (χ0) is 21.6. The summed E-state index contributed by atoms with van der Waals surface area (Å²) < 4.78 is 5.73. The second-order valence-electron chi connectivity index (χ2n) is 6.60. The summed E-state index contributed by atoms with van der Waals surface area (Å²) in [7, 11) is 0. The van der Waals surface area contributed by atoms with Gasteiger partial charge in [0.25, 0.3) is 11.6 Å². The average Bonchev–Trinajstić information content (AvgIpc) is 3.12. The van der Waals surface area contributed by atoms with Crippen LogP contribution in [-0.2, 0) is 11.4 Å². The molecular weight excluding hydrogens is 414 g/mol. The summed E-state index contributed by atoms with van der Waals surface area (Å²) in [6.07, 6.45) is 1.80. The molecule has 1 N–H and O–H groups in total. The molecule has 1 aliphatic rings. The van der Waals surface area contributed by atoms with Gasteiger partial charge in [-0.1, -0.05) is 30.3 Å². The van der Waals surface area contributed by atoms with Crippen LogP contribution in [0.15, 0.2) is 88.8 Å². The minimum atomic E-state index is -0.433. The molecule has 0 aromatic heterocycles. The monoisotopic (exact) mass is 431 g/mol. The normalized spacial score (nSPS) is 15.8. The quantitative estimate of drug-likeness (QED) is 0.334. The van der Waals surface area contributed by atoms with Gasteiger partial charge in [-0.25, -0.2) is 4.99 Å². The van der Waals surface area contributed by atoms with Crippen LogP contribution in [0.3, 0.4) is 0 Å². The van der Waals surface area contributed by atoms with E-state index in [0.717, 1.165) is 16.8 Å². The topological polar surface area (TPSA) is 93.8 Å². The highest BCUT2D eigenvalue weighted by Gasteiger charge is 2.23. The number of nitrogens with zero attached hydrogens (tertiary/aromatic N) is 2. The van der Waals surface area contributed by atoms with E-state index in [1.165, 1.54) is 23.9 Å². The largest absolute Gasteiger partial charge is 0.489 e. The zero-order valence-electron chi connectivity index (χ0n) is 16.2. The van der Waals surface area contributed by atoms with Gasteiger partial charge in [0.05, 0.1) is 15.5 Å². The second-order valence-corrected chi connectivity index (χ2v) is 7.63. The Balaban J connectivity index is 1.37. The third-order valence-corrected chi connectivity index (χ3v) is 5.28. The molecule has 0 radical (unpaired) electrons. The number of benzene rings is 3. The summed E-state index contributed by atoms with van der Waals surface area (Å²) in [6.45, 7) is 0.302. The number of para-hydroxylation sites is 1. The summed E-state index contributed by atoms with van der Waals surface area (Å²) in [5, 5.41) is 14.0. The van der Waals surface area contributed by atoms with Gasteiger partial charge in [0.1, 0.15) is 12.4 Å². The van der Waals surface area contributed by atoms with Crippen LogP contribution < -0.4 is 10.1 Å². The second kappa shape index (κ2) is 9.27. The zero-order valence-corrected chi connectivity index (χ0v) is 17.0. The van der Waals surface area contributed by atoms with Gasteiger partial charge in [-0.15, -0.1) is 0 Å². The van der Waals surface area contributed by atoms with Gasteiger partial charge in [0.15, 0.2) is 5.17 Å². The maximum atomic E-state index is 12.2. The molecule has 0 unspecified atom stereocenters. The molecule has 0 saturated carbocycles. The molecule has 0 atom stereocenters. The Morgan fingerprint density at radius 2 is 1.71 bits per heavy atom.